The maximum atomic E-state index is 11.4. The molecule has 16 heavy (non-hydrogen) atoms. The van der Waals surface area contributed by atoms with E-state index in [0.717, 1.165) is 19.4 Å². The Balaban J connectivity index is 3.67. The number of likely N-dealkylation sites (N-methyl/N-ethyl adjacent to an activating group) is 1. The lowest BCUT2D eigenvalue weighted by Crippen LogP contribution is -2.42. The number of hydrogen-bond donors (Lipinski definition) is 2. The first-order chi connectivity index (χ1) is 7.43. The third kappa shape index (κ3) is 6.41. The van der Waals surface area contributed by atoms with Gasteiger partial charge < -0.3 is 10.6 Å². The van der Waals surface area contributed by atoms with E-state index in [1.807, 2.05) is 27.7 Å². The van der Waals surface area contributed by atoms with Gasteiger partial charge in [0.15, 0.2) is 0 Å². The number of rotatable bonds is 7. The maximum absolute atomic E-state index is 11.4. The van der Waals surface area contributed by atoms with Crippen LogP contribution in [0, 0.1) is 16.7 Å². The molecule has 0 spiro atoms. The zero-order valence-electron chi connectivity index (χ0n) is 10.8. The molecule has 0 aliphatic heterocycles. The van der Waals surface area contributed by atoms with Crippen LogP contribution in [0.4, 0.5) is 0 Å². The fraction of sp³-hybridized carbons (Fsp3) is 0.833. The van der Waals surface area contributed by atoms with Gasteiger partial charge in [-0.2, -0.15) is 5.26 Å². The fourth-order valence-electron chi connectivity index (χ4n) is 1.32. The third-order valence-corrected chi connectivity index (χ3v) is 2.48. The van der Waals surface area contributed by atoms with Gasteiger partial charge in [-0.25, -0.2) is 0 Å². The number of carbonyl (C=O) groups excluding carboxylic acids is 1. The molecule has 0 saturated carbocycles. The topological polar surface area (TPSA) is 64.9 Å². The largest absolute Gasteiger partial charge is 0.355 e. The van der Waals surface area contributed by atoms with Crippen LogP contribution in [0.2, 0.25) is 0 Å². The molecule has 0 aliphatic rings. The van der Waals surface area contributed by atoms with Crippen LogP contribution >= 0.6 is 0 Å². The van der Waals surface area contributed by atoms with E-state index >= 15 is 0 Å². The highest BCUT2D eigenvalue weighted by Crippen LogP contribution is 2.19. The molecule has 2 N–H and O–H groups in total. The molecule has 0 aromatic rings. The van der Waals surface area contributed by atoms with Crippen molar-refractivity contribution in [3.05, 3.63) is 0 Å². The summed E-state index contributed by atoms with van der Waals surface area (Å²) >= 11 is 0. The summed E-state index contributed by atoms with van der Waals surface area (Å²) in [6.07, 6.45) is 1.75. The number of carbonyl (C=O) groups is 1. The zero-order chi connectivity index (χ0) is 12.6. The zero-order valence-corrected chi connectivity index (χ0v) is 10.8. The van der Waals surface area contributed by atoms with Crippen LogP contribution in [0.1, 0.15) is 40.5 Å². The predicted molar refractivity (Wildman–Crippen MR) is 64.8 cm³/mol. The van der Waals surface area contributed by atoms with E-state index in [1.165, 1.54) is 0 Å². The van der Waals surface area contributed by atoms with Crippen LogP contribution < -0.4 is 10.6 Å². The summed E-state index contributed by atoms with van der Waals surface area (Å²) in [6.45, 7) is 9.04. The highest BCUT2D eigenvalue weighted by atomic mass is 16.2. The molecule has 1 atom stereocenters. The molecule has 1 unspecified atom stereocenters. The second-order valence-corrected chi connectivity index (χ2v) is 4.67. The van der Waals surface area contributed by atoms with Crippen molar-refractivity contribution in [2.45, 2.75) is 46.6 Å². The molecular formula is C12H23N3O. The summed E-state index contributed by atoms with van der Waals surface area (Å²) in [5.41, 5.74) is -0.267. The molecule has 4 nitrogen and oxygen atoms in total. The number of amides is 1. The second kappa shape index (κ2) is 7.24. The van der Waals surface area contributed by atoms with Crippen LogP contribution in [0.3, 0.4) is 0 Å². The molecular weight excluding hydrogens is 202 g/mol. The van der Waals surface area contributed by atoms with E-state index in [1.54, 1.807) is 0 Å². The Bertz CT molecular complexity index is 255. The van der Waals surface area contributed by atoms with Crippen LogP contribution in [0.25, 0.3) is 0 Å². The van der Waals surface area contributed by atoms with Gasteiger partial charge in [0.25, 0.3) is 0 Å². The monoisotopic (exact) mass is 225 g/mol. The van der Waals surface area contributed by atoms with Gasteiger partial charge in [0.05, 0.1) is 17.5 Å². The average molecular weight is 225 g/mol. The van der Waals surface area contributed by atoms with Gasteiger partial charge in [-0.3, -0.25) is 4.79 Å². The van der Waals surface area contributed by atoms with Crippen LogP contribution in [-0.4, -0.2) is 25.0 Å². The molecule has 0 fully saturated rings. The molecule has 1 amide bonds. The van der Waals surface area contributed by atoms with Gasteiger partial charge >= 0.3 is 0 Å². The van der Waals surface area contributed by atoms with Gasteiger partial charge in [-0.1, -0.05) is 0 Å². The van der Waals surface area contributed by atoms with Crippen LogP contribution in [-0.2, 0) is 4.79 Å². The van der Waals surface area contributed by atoms with Gasteiger partial charge in [-0.15, -0.1) is 0 Å². The lowest BCUT2D eigenvalue weighted by Gasteiger charge is -2.16. The summed E-state index contributed by atoms with van der Waals surface area (Å²) in [4.78, 5) is 11.4. The quantitative estimate of drug-likeness (QED) is 0.644. The third-order valence-electron chi connectivity index (χ3n) is 2.48. The fourth-order valence-corrected chi connectivity index (χ4v) is 1.32. The lowest BCUT2D eigenvalue weighted by atomic mass is 9.90. The number of nitrogens with zero attached hydrogens (tertiary/aromatic N) is 1. The van der Waals surface area contributed by atoms with Crippen molar-refractivity contribution in [1.82, 2.24) is 10.6 Å². The van der Waals surface area contributed by atoms with Crippen molar-refractivity contribution in [1.29, 1.82) is 5.26 Å². The van der Waals surface area contributed by atoms with Gasteiger partial charge in [-0.05, 0) is 47.1 Å². The minimum Gasteiger partial charge on any atom is -0.355 e. The van der Waals surface area contributed by atoms with Gasteiger partial charge in [0.1, 0.15) is 0 Å². The highest BCUT2D eigenvalue weighted by Gasteiger charge is 2.16. The standard InChI is InChI=1S/C12H23N3O/c1-5-14-11(16)10(2)15-8-6-7-12(3,4)9-13/h10,15H,5-8H2,1-4H3,(H,14,16). The Morgan fingerprint density at radius 2 is 2.12 bits per heavy atom. The minimum absolute atomic E-state index is 0.0297. The highest BCUT2D eigenvalue weighted by molar-refractivity contribution is 5.81. The Kier molecular flexibility index (Phi) is 6.75. The molecule has 0 aromatic carbocycles. The molecule has 92 valence electrons. The molecule has 0 aromatic heterocycles. The first-order valence-electron chi connectivity index (χ1n) is 5.85. The Labute approximate surface area is 98.4 Å². The van der Waals surface area contributed by atoms with Crippen LogP contribution in [0.15, 0.2) is 0 Å². The molecule has 0 aliphatic carbocycles. The van der Waals surface area contributed by atoms with Gasteiger partial charge in [0.2, 0.25) is 5.91 Å². The molecule has 0 heterocycles. The number of hydrogen-bond acceptors (Lipinski definition) is 3. The predicted octanol–water partition coefficient (Wildman–Crippen LogP) is 1.43. The van der Waals surface area contributed by atoms with E-state index in [9.17, 15) is 4.79 Å². The van der Waals surface area contributed by atoms with E-state index in [0.29, 0.717) is 6.54 Å². The average Bonchev–Trinajstić information content (AvgIpc) is 2.24. The van der Waals surface area contributed by atoms with Crippen molar-refractivity contribution in [3.63, 3.8) is 0 Å². The Hall–Kier alpha value is -1.08. The summed E-state index contributed by atoms with van der Waals surface area (Å²) in [6, 6.07) is 2.10. The maximum Gasteiger partial charge on any atom is 0.236 e. The summed E-state index contributed by atoms with van der Waals surface area (Å²) in [5, 5.41) is 14.7. The first-order valence-corrected chi connectivity index (χ1v) is 5.85. The molecule has 0 saturated heterocycles. The first kappa shape index (κ1) is 14.9. The lowest BCUT2D eigenvalue weighted by molar-refractivity contribution is -0.122. The van der Waals surface area contributed by atoms with Crippen molar-refractivity contribution in [2.24, 2.45) is 5.41 Å². The summed E-state index contributed by atoms with van der Waals surface area (Å²) in [7, 11) is 0. The van der Waals surface area contributed by atoms with Crippen molar-refractivity contribution in [3.8, 4) is 6.07 Å². The van der Waals surface area contributed by atoms with E-state index < -0.39 is 0 Å². The molecule has 4 heteroatoms. The van der Waals surface area contributed by atoms with E-state index in [-0.39, 0.29) is 17.4 Å². The SMILES string of the molecule is CCNC(=O)C(C)NCCCC(C)(C)C#N. The summed E-state index contributed by atoms with van der Waals surface area (Å²) in [5.74, 6) is 0.0297. The number of nitrogens with one attached hydrogen (secondary N) is 2. The smallest absolute Gasteiger partial charge is 0.236 e. The van der Waals surface area contributed by atoms with E-state index in [2.05, 4.69) is 16.7 Å². The molecule has 0 radical (unpaired) electrons. The minimum atomic E-state index is -0.267. The van der Waals surface area contributed by atoms with E-state index in [4.69, 9.17) is 5.26 Å². The van der Waals surface area contributed by atoms with Crippen molar-refractivity contribution in [2.75, 3.05) is 13.1 Å². The normalized spacial score (nSPS) is 12.9. The summed E-state index contributed by atoms with van der Waals surface area (Å²) < 4.78 is 0. The molecule has 0 rings (SSSR count). The number of nitriles is 1. The molecule has 0 bridgehead atoms. The van der Waals surface area contributed by atoms with Crippen LogP contribution in [0.5, 0.6) is 0 Å². The van der Waals surface area contributed by atoms with Gasteiger partial charge in [0, 0.05) is 6.54 Å². The Morgan fingerprint density at radius 3 is 2.62 bits per heavy atom. The Morgan fingerprint density at radius 1 is 1.50 bits per heavy atom. The van der Waals surface area contributed by atoms with Crippen molar-refractivity contribution < 1.29 is 4.79 Å². The van der Waals surface area contributed by atoms with Crippen molar-refractivity contribution >= 4 is 5.91 Å². The second-order valence-electron chi connectivity index (χ2n) is 4.67.